The first kappa shape index (κ1) is 14.1. The van der Waals surface area contributed by atoms with Gasteiger partial charge in [-0.25, -0.2) is 0 Å². The zero-order chi connectivity index (χ0) is 15.2. The van der Waals surface area contributed by atoms with Crippen LogP contribution in [0, 0.1) is 11.8 Å². The van der Waals surface area contributed by atoms with Crippen molar-refractivity contribution in [1.82, 2.24) is 15.4 Å². The third kappa shape index (κ3) is 2.32. The Balaban J connectivity index is 1.92. The Hall–Kier alpha value is -1.85. The van der Waals surface area contributed by atoms with Crippen LogP contribution in [0.4, 0.5) is 0 Å². The first-order valence-corrected chi connectivity index (χ1v) is 7.46. The first-order valence-electron chi connectivity index (χ1n) is 7.46. The van der Waals surface area contributed by atoms with E-state index in [1.807, 2.05) is 20.8 Å². The van der Waals surface area contributed by atoms with Gasteiger partial charge in [-0.05, 0) is 31.6 Å². The van der Waals surface area contributed by atoms with E-state index in [-0.39, 0.29) is 30.2 Å². The minimum atomic E-state index is -0.775. The highest BCUT2D eigenvalue weighted by molar-refractivity contribution is 6.00. The van der Waals surface area contributed by atoms with Crippen molar-refractivity contribution in [3.8, 4) is 0 Å². The molecule has 1 aliphatic carbocycles. The molecule has 6 nitrogen and oxygen atoms in total. The molecule has 0 bridgehead atoms. The summed E-state index contributed by atoms with van der Waals surface area (Å²) in [6.07, 6.45) is 3.53. The van der Waals surface area contributed by atoms with Crippen LogP contribution in [0.1, 0.15) is 39.4 Å². The molecule has 1 saturated carbocycles. The minimum absolute atomic E-state index is 0.0142. The van der Waals surface area contributed by atoms with Gasteiger partial charge < -0.3 is 14.7 Å². The van der Waals surface area contributed by atoms with Crippen molar-refractivity contribution in [3.63, 3.8) is 0 Å². The summed E-state index contributed by atoms with van der Waals surface area (Å²) < 4.78 is 5.12. The smallest absolute Gasteiger partial charge is 0.249 e. The lowest BCUT2D eigenvalue weighted by molar-refractivity contribution is -0.158. The number of aromatic nitrogens is 1. The van der Waals surface area contributed by atoms with Crippen molar-refractivity contribution < 1.29 is 14.1 Å². The fourth-order valence-electron chi connectivity index (χ4n) is 3.21. The lowest BCUT2D eigenvalue weighted by Gasteiger charge is -2.45. The number of carbonyl (C=O) groups is 2. The molecule has 0 spiro atoms. The molecule has 21 heavy (non-hydrogen) atoms. The fourth-order valence-corrected chi connectivity index (χ4v) is 3.21. The zero-order valence-electron chi connectivity index (χ0n) is 12.6. The Morgan fingerprint density at radius 3 is 2.71 bits per heavy atom. The summed E-state index contributed by atoms with van der Waals surface area (Å²) in [5.74, 6) is 0.806. The number of rotatable bonds is 4. The zero-order valence-corrected chi connectivity index (χ0v) is 12.6. The number of nitrogens with one attached hydrogen (secondary N) is 1. The predicted molar refractivity (Wildman–Crippen MR) is 75.0 cm³/mol. The van der Waals surface area contributed by atoms with Crippen LogP contribution in [0.2, 0.25) is 0 Å². The number of amides is 2. The molecule has 0 aromatic carbocycles. The number of piperazine rings is 1. The summed E-state index contributed by atoms with van der Waals surface area (Å²) in [7, 11) is 0. The molecule has 3 rings (SSSR count). The number of nitrogens with zero attached hydrogens (tertiary/aromatic N) is 2. The molecular weight excluding hydrogens is 270 g/mol. The van der Waals surface area contributed by atoms with Gasteiger partial charge in [-0.2, -0.15) is 0 Å². The van der Waals surface area contributed by atoms with Crippen LogP contribution < -0.4 is 5.32 Å². The van der Waals surface area contributed by atoms with Gasteiger partial charge in [0.1, 0.15) is 11.6 Å². The Morgan fingerprint density at radius 1 is 1.48 bits per heavy atom. The van der Waals surface area contributed by atoms with Crippen LogP contribution in [-0.4, -0.2) is 33.5 Å². The molecule has 1 N–H and O–H groups in total. The molecule has 0 radical (unpaired) electrons. The Labute approximate surface area is 123 Å². The molecule has 1 aromatic heterocycles. The Kier molecular flexibility index (Phi) is 3.26. The van der Waals surface area contributed by atoms with Crippen LogP contribution in [-0.2, 0) is 16.1 Å². The summed E-state index contributed by atoms with van der Waals surface area (Å²) >= 11 is 0. The number of hydrogen-bond acceptors (Lipinski definition) is 4. The topological polar surface area (TPSA) is 75.4 Å². The maximum atomic E-state index is 13.0. The first-order chi connectivity index (χ1) is 9.93. The van der Waals surface area contributed by atoms with E-state index in [0.717, 1.165) is 12.8 Å². The average Bonchev–Trinajstić information content (AvgIpc) is 3.15. The van der Waals surface area contributed by atoms with Crippen molar-refractivity contribution in [1.29, 1.82) is 0 Å². The van der Waals surface area contributed by atoms with Crippen molar-refractivity contribution in [3.05, 3.63) is 18.0 Å². The van der Waals surface area contributed by atoms with E-state index in [1.165, 1.54) is 0 Å². The van der Waals surface area contributed by atoms with Gasteiger partial charge >= 0.3 is 0 Å². The van der Waals surface area contributed by atoms with Crippen LogP contribution in [0.5, 0.6) is 0 Å². The van der Waals surface area contributed by atoms with Gasteiger partial charge in [-0.15, -0.1) is 0 Å². The van der Waals surface area contributed by atoms with E-state index in [0.29, 0.717) is 5.76 Å². The van der Waals surface area contributed by atoms with E-state index in [1.54, 1.807) is 17.2 Å². The van der Waals surface area contributed by atoms with Crippen molar-refractivity contribution in [2.24, 2.45) is 11.8 Å². The Bertz CT molecular complexity index is 551. The highest BCUT2D eigenvalue weighted by Crippen LogP contribution is 2.43. The molecule has 1 aromatic rings. The normalized spacial score (nSPS) is 29.9. The quantitative estimate of drug-likeness (QED) is 0.908. The largest absolute Gasteiger partial charge is 0.360 e. The molecule has 6 heteroatoms. The molecule has 2 atom stereocenters. The second-order valence-electron chi connectivity index (χ2n) is 6.57. The maximum absolute atomic E-state index is 13.0. The molecule has 1 aliphatic heterocycles. The van der Waals surface area contributed by atoms with E-state index >= 15 is 0 Å². The van der Waals surface area contributed by atoms with Gasteiger partial charge in [-0.3, -0.25) is 9.59 Å². The average molecular weight is 291 g/mol. The monoisotopic (exact) mass is 291 g/mol. The SMILES string of the molecule is CC(C)C1C(=O)NC(C)(C2CC2)C(=O)N1Cc1ccno1. The van der Waals surface area contributed by atoms with Gasteiger partial charge in [0.05, 0.1) is 12.7 Å². The Morgan fingerprint density at radius 2 is 2.19 bits per heavy atom. The lowest BCUT2D eigenvalue weighted by Crippen LogP contribution is -2.70. The third-order valence-corrected chi connectivity index (χ3v) is 4.54. The van der Waals surface area contributed by atoms with Gasteiger partial charge in [0.25, 0.3) is 0 Å². The summed E-state index contributed by atoms with van der Waals surface area (Å²) in [5, 5.41) is 6.64. The molecule has 114 valence electrons. The summed E-state index contributed by atoms with van der Waals surface area (Å²) in [5.41, 5.74) is -0.775. The molecule has 2 aliphatic rings. The highest BCUT2D eigenvalue weighted by atomic mass is 16.5. The van der Waals surface area contributed by atoms with Gasteiger partial charge in [-0.1, -0.05) is 19.0 Å². The molecule has 2 fully saturated rings. The number of carbonyl (C=O) groups excluding carboxylic acids is 2. The van der Waals surface area contributed by atoms with Gasteiger partial charge in [0, 0.05) is 6.07 Å². The molecule has 2 unspecified atom stereocenters. The van der Waals surface area contributed by atoms with Crippen molar-refractivity contribution in [2.45, 2.75) is 51.7 Å². The molecule has 2 heterocycles. The summed E-state index contributed by atoms with van der Waals surface area (Å²) in [4.78, 5) is 27.1. The van der Waals surface area contributed by atoms with Gasteiger partial charge in [0.15, 0.2) is 5.76 Å². The van der Waals surface area contributed by atoms with Crippen molar-refractivity contribution in [2.75, 3.05) is 0 Å². The van der Waals surface area contributed by atoms with E-state index in [4.69, 9.17) is 4.52 Å². The maximum Gasteiger partial charge on any atom is 0.249 e. The van der Waals surface area contributed by atoms with Crippen LogP contribution in [0.25, 0.3) is 0 Å². The van der Waals surface area contributed by atoms with Crippen LogP contribution in [0.15, 0.2) is 16.8 Å². The molecule has 2 amide bonds. The third-order valence-electron chi connectivity index (χ3n) is 4.54. The standard InChI is InChI=1S/C15H21N3O3/c1-9(2)12-13(19)17-15(3,10-4-5-10)14(20)18(12)8-11-6-7-16-21-11/h6-7,9-10,12H,4-5,8H2,1-3H3,(H,17,19). The highest BCUT2D eigenvalue weighted by Gasteiger charge is 2.55. The van der Waals surface area contributed by atoms with Gasteiger partial charge in [0.2, 0.25) is 11.8 Å². The van der Waals surface area contributed by atoms with E-state index < -0.39 is 11.6 Å². The van der Waals surface area contributed by atoms with Crippen LogP contribution in [0.3, 0.4) is 0 Å². The van der Waals surface area contributed by atoms with E-state index in [9.17, 15) is 9.59 Å². The second-order valence-corrected chi connectivity index (χ2v) is 6.57. The summed E-state index contributed by atoms with van der Waals surface area (Å²) in [6, 6.07) is 1.26. The predicted octanol–water partition coefficient (Wildman–Crippen LogP) is 1.33. The molecule has 1 saturated heterocycles. The van der Waals surface area contributed by atoms with E-state index in [2.05, 4.69) is 10.5 Å². The summed E-state index contributed by atoms with van der Waals surface area (Å²) in [6.45, 7) is 6.03. The van der Waals surface area contributed by atoms with Crippen molar-refractivity contribution >= 4 is 11.8 Å². The number of hydrogen-bond donors (Lipinski definition) is 1. The lowest BCUT2D eigenvalue weighted by atomic mass is 9.86. The molecular formula is C15H21N3O3. The second kappa shape index (κ2) is 4.86. The minimum Gasteiger partial charge on any atom is -0.360 e. The van der Waals surface area contributed by atoms with Crippen LogP contribution >= 0.6 is 0 Å². The fraction of sp³-hybridized carbons (Fsp3) is 0.667.